The molecular weight excluding hydrogens is 248 g/mol. The van der Waals surface area contributed by atoms with Gasteiger partial charge in [0.1, 0.15) is 0 Å². The molecule has 3 rings (SSSR count). The molecule has 1 heterocycles. The number of rotatable bonds is 3. The van der Waals surface area contributed by atoms with Gasteiger partial charge in [0.25, 0.3) is 0 Å². The van der Waals surface area contributed by atoms with Gasteiger partial charge in [-0.3, -0.25) is 0 Å². The van der Waals surface area contributed by atoms with Gasteiger partial charge in [-0.2, -0.15) is 0 Å². The van der Waals surface area contributed by atoms with Gasteiger partial charge in [0, 0.05) is 20.2 Å². The number of hydrogen-bond donors (Lipinski definition) is 0. The molecule has 0 nitrogen and oxygen atoms in total. The average molecular weight is 268 g/mol. The minimum absolute atomic E-state index is 0.248. The van der Waals surface area contributed by atoms with E-state index in [4.69, 9.17) is 0 Å². The van der Waals surface area contributed by atoms with E-state index < -0.39 is 0 Å². The van der Waals surface area contributed by atoms with Crippen molar-refractivity contribution in [2.75, 3.05) is 0 Å². The van der Waals surface area contributed by atoms with Gasteiger partial charge in [-0.15, -0.1) is 11.3 Å². The highest BCUT2D eigenvalue weighted by Gasteiger charge is 2.23. The molecule has 0 aliphatic heterocycles. The van der Waals surface area contributed by atoms with E-state index in [1.165, 1.54) is 38.6 Å². The van der Waals surface area contributed by atoms with Crippen molar-refractivity contribution in [1.82, 2.24) is 0 Å². The Labute approximate surface area is 119 Å². The van der Waals surface area contributed by atoms with Crippen molar-refractivity contribution in [3.8, 4) is 0 Å². The molecule has 3 aromatic rings. The summed E-state index contributed by atoms with van der Waals surface area (Å²) in [5, 5.41) is 2.89. The van der Waals surface area contributed by atoms with Crippen LogP contribution in [0.25, 0.3) is 20.2 Å². The zero-order valence-electron chi connectivity index (χ0n) is 11.9. The summed E-state index contributed by atoms with van der Waals surface area (Å²) in [7, 11) is 0. The molecule has 0 saturated heterocycles. The molecule has 98 valence electrons. The topological polar surface area (TPSA) is 0 Å². The van der Waals surface area contributed by atoms with Crippen molar-refractivity contribution < 1.29 is 0 Å². The summed E-state index contributed by atoms with van der Waals surface area (Å²) in [6.45, 7) is 7.02. The lowest BCUT2D eigenvalue weighted by molar-refractivity contribution is 0.477. The fourth-order valence-corrected chi connectivity index (χ4v) is 4.23. The Morgan fingerprint density at radius 1 is 0.947 bits per heavy atom. The lowest BCUT2D eigenvalue weighted by Crippen LogP contribution is -2.16. The Kier molecular flexibility index (Phi) is 3.10. The van der Waals surface area contributed by atoms with Gasteiger partial charge in [-0.25, -0.2) is 0 Å². The summed E-state index contributed by atoms with van der Waals surface area (Å²) in [4.78, 5) is 0. The molecular formula is C18H20S. The Morgan fingerprint density at radius 2 is 1.68 bits per heavy atom. The molecule has 1 heteroatoms. The molecule has 0 amide bonds. The maximum Gasteiger partial charge on any atom is 0.0358 e. The van der Waals surface area contributed by atoms with E-state index in [0.29, 0.717) is 0 Å². The van der Waals surface area contributed by atoms with E-state index >= 15 is 0 Å². The predicted octanol–water partition coefficient (Wildman–Crippen LogP) is 6.13. The lowest BCUT2D eigenvalue weighted by Gasteiger charge is -2.26. The monoisotopic (exact) mass is 268 g/mol. The Balaban J connectivity index is 2.36. The average Bonchev–Trinajstić information content (AvgIpc) is 2.76. The number of fused-ring (bicyclic) bond motifs is 3. The van der Waals surface area contributed by atoms with Gasteiger partial charge < -0.3 is 0 Å². The van der Waals surface area contributed by atoms with Crippen molar-refractivity contribution >= 4 is 31.5 Å². The summed E-state index contributed by atoms with van der Waals surface area (Å²) in [5.74, 6) is 0. The molecule has 0 spiro atoms. The van der Waals surface area contributed by atoms with E-state index in [9.17, 15) is 0 Å². The smallest absolute Gasteiger partial charge is 0.0358 e. The molecule has 1 aromatic heterocycles. The van der Waals surface area contributed by atoms with Crippen LogP contribution < -0.4 is 0 Å². The van der Waals surface area contributed by atoms with Gasteiger partial charge in [0.2, 0.25) is 0 Å². The summed E-state index contributed by atoms with van der Waals surface area (Å²) in [5.41, 5.74) is 1.75. The van der Waals surface area contributed by atoms with Crippen LogP contribution in [0.3, 0.4) is 0 Å². The highest BCUT2D eigenvalue weighted by atomic mass is 32.1. The Morgan fingerprint density at radius 3 is 2.47 bits per heavy atom. The summed E-state index contributed by atoms with van der Waals surface area (Å²) in [6, 6.07) is 15.6. The van der Waals surface area contributed by atoms with Crippen LogP contribution in [-0.4, -0.2) is 0 Å². The van der Waals surface area contributed by atoms with Crippen molar-refractivity contribution in [3.63, 3.8) is 0 Å². The molecule has 0 atom stereocenters. The van der Waals surface area contributed by atoms with Crippen LogP contribution in [0.5, 0.6) is 0 Å². The van der Waals surface area contributed by atoms with E-state index in [2.05, 4.69) is 63.2 Å². The van der Waals surface area contributed by atoms with Crippen LogP contribution >= 0.6 is 11.3 Å². The Hall–Kier alpha value is -1.34. The third-order valence-electron chi connectivity index (χ3n) is 4.01. The minimum atomic E-state index is 0.248. The molecule has 0 aliphatic carbocycles. The number of benzene rings is 2. The first-order valence-corrected chi connectivity index (χ1v) is 7.86. The van der Waals surface area contributed by atoms with Crippen molar-refractivity contribution in [2.45, 2.75) is 39.0 Å². The van der Waals surface area contributed by atoms with Crippen LogP contribution in [-0.2, 0) is 5.41 Å². The van der Waals surface area contributed by atoms with Gasteiger partial charge >= 0.3 is 0 Å². The molecule has 0 unspecified atom stereocenters. The van der Waals surface area contributed by atoms with Crippen LogP contribution in [0, 0.1) is 0 Å². The predicted molar refractivity (Wildman–Crippen MR) is 87.3 cm³/mol. The second-order valence-corrected chi connectivity index (χ2v) is 6.99. The van der Waals surface area contributed by atoms with Crippen molar-refractivity contribution in [3.05, 3.63) is 48.0 Å². The van der Waals surface area contributed by atoms with Crippen LogP contribution in [0.4, 0.5) is 0 Å². The van der Waals surface area contributed by atoms with Crippen LogP contribution in [0.2, 0.25) is 0 Å². The second kappa shape index (κ2) is 4.64. The maximum absolute atomic E-state index is 2.37. The first-order chi connectivity index (χ1) is 9.13. The first-order valence-electron chi connectivity index (χ1n) is 7.04. The largest absolute Gasteiger partial charge is 0.135 e. The van der Waals surface area contributed by atoms with E-state index in [-0.39, 0.29) is 5.41 Å². The molecule has 0 aliphatic rings. The third-order valence-corrected chi connectivity index (χ3v) is 5.14. The van der Waals surface area contributed by atoms with Gasteiger partial charge in [-0.1, -0.05) is 57.5 Å². The van der Waals surface area contributed by atoms with E-state index in [1.807, 2.05) is 11.3 Å². The molecule has 19 heavy (non-hydrogen) atoms. The lowest BCUT2D eigenvalue weighted by atomic mass is 9.79. The first kappa shape index (κ1) is 12.7. The Bertz CT molecular complexity index is 719. The molecule has 0 saturated carbocycles. The van der Waals surface area contributed by atoms with Gasteiger partial charge in [-0.05, 0) is 29.5 Å². The highest BCUT2D eigenvalue weighted by Crippen LogP contribution is 2.41. The molecule has 0 radical (unpaired) electrons. The normalized spacial score (nSPS) is 12.4. The summed E-state index contributed by atoms with van der Waals surface area (Å²) < 4.78 is 2.82. The van der Waals surface area contributed by atoms with Gasteiger partial charge in [0.05, 0.1) is 0 Å². The quantitative estimate of drug-likeness (QED) is 0.536. The molecule has 0 fully saturated rings. The van der Waals surface area contributed by atoms with Crippen LogP contribution in [0.1, 0.15) is 39.2 Å². The third kappa shape index (κ3) is 2.06. The molecule has 0 bridgehead atoms. The molecule has 0 N–H and O–H groups in total. The summed E-state index contributed by atoms with van der Waals surface area (Å²) in [6.07, 6.45) is 2.46. The fourth-order valence-electron chi connectivity index (χ4n) is 3.10. The SMILES string of the molecule is CCCC(C)(C)c1cccc2sc3ccccc3c12. The highest BCUT2D eigenvalue weighted by molar-refractivity contribution is 7.25. The van der Waals surface area contributed by atoms with Crippen molar-refractivity contribution in [2.24, 2.45) is 0 Å². The standard InChI is InChI=1S/C18H20S/c1-4-12-18(2,3)14-9-7-11-16-17(14)13-8-5-6-10-15(13)19-16/h5-11H,4,12H2,1-3H3. The fraction of sp³-hybridized carbons (Fsp3) is 0.333. The number of hydrogen-bond acceptors (Lipinski definition) is 1. The van der Waals surface area contributed by atoms with Gasteiger partial charge in [0.15, 0.2) is 0 Å². The zero-order chi connectivity index (χ0) is 13.5. The van der Waals surface area contributed by atoms with E-state index in [1.54, 1.807) is 0 Å². The second-order valence-electron chi connectivity index (χ2n) is 5.91. The summed E-state index contributed by atoms with van der Waals surface area (Å²) >= 11 is 1.91. The van der Waals surface area contributed by atoms with Crippen LogP contribution in [0.15, 0.2) is 42.5 Å². The van der Waals surface area contributed by atoms with Crippen molar-refractivity contribution in [1.29, 1.82) is 0 Å². The van der Waals surface area contributed by atoms with E-state index in [0.717, 1.165) is 0 Å². The number of thiophene rings is 1. The maximum atomic E-state index is 2.37. The zero-order valence-corrected chi connectivity index (χ0v) is 12.7. The molecule has 2 aromatic carbocycles. The minimum Gasteiger partial charge on any atom is -0.135 e.